The summed E-state index contributed by atoms with van der Waals surface area (Å²) >= 11 is 0. The summed E-state index contributed by atoms with van der Waals surface area (Å²) in [5, 5.41) is 2.82. The molecule has 3 rings (SSSR count). The monoisotopic (exact) mass is 260 g/mol. The summed E-state index contributed by atoms with van der Waals surface area (Å²) in [7, 11) is 0. The lowest BCUT2D eigenvalue weighted by molar-refractivity contribution is 0.0981. The standard InChI is InChI=1S/C17H12N2O/c1-18-15(11-12-7-3-2-4-8-12)16-13-9-5-6-10-14(13)17(20)19-16/h2-10H,11H2,(H,19,20)/b16-15+. The fraction of sp³-hybridized carbons (Fsp3) is 0.0588. The van der Waals surface area contributed by atoms with Crippen LogP contribution < -0.4 is 5.32 Å². The van der Waals surface area contributed by atoms with Gasteiger partial charge in [-0.05, 0) is 11.6 Å². The number of nitrogens with zero attached hydrogens (tertiary/aromatic N) is 1. The molecule has 1 aliphatic rings. The summed E-state index contributed by atoms with van der Waals surface area (Å²) in [6, 6.07) is 17.2. The van der Waals surface area contributed by atoms with E-state index in [0.717, 1.165) is 11.1 Å². The predicted octanol–water partition coefficient (Wildman–Crippen LogP) is 3.26. The Balaban J connectivity index is 2.05. The molecular formula is C17H12N2O. The molecule has 0 atom stereocenters. The van der Waals surface area contributed by atoms with Crippen LogP contribution in [0.4, 0.5) is 0 Å². The first-order valence-corrected chi connectivity index (χ1v) is 6.35. The number of carbonyl (C=O) groups is 1. The van der Waals surface area contributed by atoms with Crippen molar-refractivity contribution in [1.82, 2.24) is 5.32 Å². The van der Waals surface area contributed by atoms with Crippen LogP contribution in [0.3, 0.4) is 0 Å². The fourth-order valence-electron chi connectivity index (χ4n) is 2.35. The van der Waals surface area contributed by atoms with Crippen LogP contribution in [0.2, 0.25) is 0 Å². The molecule has 0 spiro atoms. The van der Waals surface area contributed by atoms with Gasteiger partial charge in [0.25, 0.3) is 5.91 Å². The Hall–Kier alpha value is -2.86. The second kappa shape index (κ2) is 5.02. The predicted molar refractivity (Wildman–Crippen MR) is 77.6 cm³/mol. The van der Waals surface area contributed by atoms with Crippen molar-refractivity contribution in [3.63, 3.8) is 0 Å². The van der Waals surface area contributed by atoms with Gasteiger partial charge in [0, 0.05) is 12.0 Å². The quantitative estimate of drug-likeness (QED) is 0.826. The van der Waals surface area contributed by atoms with Crippen LogP contribution in [0.1, 0.15) is 21.5 Å². The van der Waals surface area contributed by atoms with Crippen LogP contribution >= 0.6 is 0 Å². The molecule has 0 fully saturated rings. The molecule has 0 saturated carbocycles. The Kier molecular flexibility index (Phi) is 3.06. The number of hydrogen-bond donors (Lipinski definition) is 1. The number of nitrogens with one attached hydrogen (secondary N) is 1. The first-order valence-electron chi connectivity index (χ1n) is 6.35. The zero-order chi connectivity index (χ0) is 13.9. The molecule has 3 heteroatoms. The summed E-state index contributed by atoms with van der Waals surface area (Å²) < 4.78 is 0. The van der Waals surface area contributed by atoms with Crippen molar-refractivity contribution in [3.8, 4) is 0 Å². The number of hydrogen-bond acceptors (Lipinski definition) is 1. The molecule has 0 aromatic heterocycles. The van der Waals surface area contributed by atoms with E-state index in [2.05, 4.69) is 10.2 Å². The minimum absolute atomic E-state index is 0.134. The molecule has 2 aromatic rings. The van der Waals surface area contributed by atoms with Gasteiger partial charge in [-0.2, -0.15) is 0 Å². The Labute approximate surface area is 117 Å². The molecule has 0 radical (unpaired) electrons. The summed E-state index contributed by atoms with van der Waals surface area (Å²) in [6.45, 7) is 7.40. The maximum Gasteiger partial charge on any atom is 0.255 e. The Morgan fingerprint density at radius 2 is 1.65 bits per heavy atom. The number of amides is 1. The van der Waals surface area contributed by atoms with Crippen molar-refractivity contribution in [2.75, 3.05) is 0 Å². The smallest absolute Gasteiger partial charge is 0.255 e. The van der Waals surface area contributed by atoms with Gasteiger partial charge in [0.2, 0.25) is 0 Å². The molecule has 0 saturated heterocycles. The maximum atomic E-state index is 11.9. The Morgan fingerprint density at radius 1 is 1.00 bits per heavy atom. The van der Waals surface area contributed by atoms with Crippen LogP contribution in [0, 0.1) is 6.57 Å². The summed E-state index contributed by atoms with van der Waals surface area (Å²) in [6.07, 6.45) is 0.522. The van der Waals surface area contributed by atoms with Crippen molar-refractivity contribution in [2.45, 2.75) is 6.42 Å². The second-order valence-electron chi connectivity index (χ2n) is 4.60. The second-order valence-corrected chi connectivity index (χ2v) is 4.60. The topological polar surface area (TPSA) is 33.5 Å². The zero-order valence-corrected chi connectivity index (χ0v) is 10.8. The highest BCUT2D eigenvalue weighted by molar-refractivity contribution is 6.09. The summed E-state index contributed by atoms with van der Waals surface area (Å²) in [5.74, 6) is -0.134. The molecule has 96 valence electrons. The average Bonchev–Trinajstić information content (AvgIpc) is 2.84. The molecular weight excluding hydrogens is 248 g/mol. The van der Waals surface area contributed by atoms with Gasteiger partial charge >= 0.3 is 0 Å². The van der Waals surface area contributed by atoms with Gasteiger partial charge in [-0.25, -0.2) is 4.85 Å². The lowest BCUT2D eigenvalue weighted by atomic mass is 10.0. The van der Waals surface area contributed by atoms with Crippen molar-refractivity contribution in [3.05, 3.63) is 88.4 Å². The van der Waals surface area contributed by atoms with E-state index in [1.165, 1.54) is 0 Å². The van der Waals surface area contributed by atoms with Gasteiger partial charge in [0.05, 0.1) is 12.3 Å². The number of carbonyl (C=O) groups excluding carboxylic acids is 1. The van der Waals surface area contributed by atoms with Crippen molar-refractivity contribution in [2.24, 2.45) is 0 Å². The van der Waals surface area contributed by atoms with Crippen LogP contribution in [0.5, 0.6) is 0 Å². The first kappa shape index (κ1) is 12.2. The molecule has 1 N–H and O–H groups in total. The number of benzene rings is 2. The van der Waals surface area contributed by atoms with E-state index in [-0.39, 0.29) is 5.91 Å². The lowest BCUT2D eigenvalue weighted by Crippen LogP contribution is -2.13. The van der Waals surface area contributed by atoms with Crippen molar-refractivity contribution < 1.29 is 4.79 Å². The van der Waals surface area contributed by atoms with Gasteiger partial charge in [-0.1, -0.05) is 54.1 Å². The molecule has 0 aliphatic carbocycles. The van der Waals surface area contributed by atoms with E-state index in [0.29, 0.717) is 23.4 Å². The minimum atomic E-state index is -0.134. The highest BCUT2D eigenvalue weighted by Gasteiger charge is 2.25. The minimum Gasteiger partial charge on any atom is -0.331 e. The first-order chi connectivity index (χ1) is 9.79. The summed E-state index contributed by atoms with van der Waals surface area (Å²) in [5.41, 5.74) is 3.72. The van der Waals surface area contributed by atoms with E-state index in [1.54, 1.807) is 6.07 Å². The third kappa shape index (κ3) is 2.08. The Bertz CT molecular complexity index is 739. The van der Waals surface area contributed by atoms with E-state index in [9.17, 15) is 4.79 Å². The molecule has 3 nitrogen and oxygen atoms in total. The van der Waals surface area contributed by atoms with Crippen LogP contribution in [-0.2, 0) is 6.42 Å². The molecule has 0 bridgehead atoms. The number of allylic oxidation sites excluding steroid dienone is 1. The molecule has 0 unspecified atom stereocenters. The van der Waals surface area contributed by atoms with E-state index in [4.69, 9.17) is 6.57 Å². The van der Waals surface area contributed by atoms with Gasteiger partial charge in [-0.15, -0.1) is 0 Å². The van der Waals surface area contributed by atoms with E-state index < -0.39 is 0 Å². The van der Waals surface area contributed by atoms with Gasteiger partial charge in [0.1, 0.15) is 0 Å². The van der Waals surface area contributed by atoms with Crippen LogP contribution in [-0.4, -0.2) is 5.91 Å². The van der Waals surface area contributed by atoms with Crippen LogP contribution in [0.25, 0.3) is 10.5 Å². The third-order valence-corrected chi connectivity index (χ3v) is 3.32. The maximum absolute atomic E-state index is 11.9. The summed E-state index contributed by atoms with van der Waals surface area (Å²) in [4.78, 5) is 15.5. The Morgan fingerprint density at radius 3 is 2.35 bits per heavy atom. The molecule has 1 aliphatic heterocycles. The van der Waals surface area contributed by atoms with Crippen molar-refractivity contribution >= 4 is 11.6 Å². The lowest BCUT2D eigenvalue weighted by Gasteiger charge is -2.05. The normalized spacial score (nSPS) is 15.2. The largest absolute Gasteiger partial charge is 0.331 e. The SMILES string of the molecule is [C-]#[N+]/C(Cc1ccccc1)=C1/NC(=O)c2ccccc21. The number of rotatable bonds is 2. The highest BCUT2D eigenvalue weighted by atomic mass is 16.1. The zero-order valence-electron chi connectivity index (χ0n) is 10.8. The number of fused-ring (bicyclic) bond motifs is 1. The van der Waals surface area contributed by atoms with Gasteiger partial charge < -0.3 is 5.32 Å². The van der Waals surface area contributed by atoms with E-state index >= 15 is 0 Å². The van der Waals surface area contributed by atoms with Gasteiger partial charge in [0.15, 0.2) is 5.70 Å². The molecule has 20 heavy (non-hydrogen) atoms. The highest BCUT2D eigenvalue weighted by Crippen LogP contribution is 2.28. The molecule has 2 aromatic carbocycles. The third-order valence-electron chi connectivity index (χ3n) is 3.32. The molecule has 1 heterocycles. The van der Waals surface area contributed by atoms with Crippen LogP contribution in [0.15, 0.2) is 60.3 Å². The van der Waals surface area contributed by atoms with Gasteiger partial charge in [-0.3, -0.25) is 4.79 Å². The van der Waals surface area contributed by atoms with E-state index in [1.807, 2.05) is 48.5 Å². The molecule has 1 amide bonds. The fourth-order valence-corrected chi connectivity index (χ4v) is 2.35. The van der Waals surface area contributed by atoms with Crippen molar-refractivity contribution in [1.29, 1.82) is 0 Å². The average molecular weight is 260 g/mol.